The molecule has 158 valence electrons. The molecule has 0 amide bonds. The zero-order valence-electron chi connectivity index (χ0n) is 17.5. The van der Waals surface area contributed by atoms with E-state index >= 15 is 0 Å². The summed E-state index contributed by atoms with van der Waals surface area (Å²) in [7, 11) is 4.26. The fourth-order valence-electron chi connectivity index (χ4n) is 4.19. The van der Waals surface area contributed by atoms with Gasteiger partial charge in [0.2, 0.25) is 0 Å². The van der Waals surface area contributed by atoms with Gasteiger partial charge in [-0.1, -0.05) is 29.8 Å². The van der Waals surface area contributed by atoms with Crippen molar-refractivity contribution in [3.05, 3.63) is 64.8 Å². The third-order valence-electron chi connectivity index (χ3n) is 5.91. The first kappa shape index (κ1) is 20.9. The molecule has 0 radical (unpaired) electrons. The van der Waals surface area contributed by atoms with E-state index in [0.29, 0.717) is 24.2 Å². The van der Waals surface area contributed by atoms with Crippen LogP contribution in [-0.2, 0) is 6.61 Å². The second-order valence-corrected chi connectivity index (χ2v) is 8.60. The first-order valence-corrected chi connectivity index (χ1v) is 10.8. The second kappa shape index (κ2) is 9.21. The first-order valence-electron chi connectivity index (χ1n) is 10.4. The van der Waals surface area contributed by atoms with E-state index in [2.05, 4.69) is 28.9 Å². The van der Waals surface area contributed by atoms with Crippen molar-refractivity contribution < 1.29 is 9.53 Å². The van der Waals surface area contributed by atoms with E-state index in [-0.39, 0.29) is 5.78 Å². The van der Waals surface area contributed by atoms with Gasteiger partial charge in [0.1, 0.15) is 12.4 Å². The zero-order valence-corrected chi connectivity index (χ0v) is 18.3. The molecule has 5 nitrogen and oxygen atoms in total. The van der Waals surface area contributed by atoms with Crippen molar-refractivity contribution in [3.8, 4) is 5.75 Å². The van der Waals surface area contributed by atoms with Crippen LogP contribution in [0.2, 0.25) is 5.02 Å². The Kier molecular flexibility index (Phi) is 6.42. The van der Waals surface area contributed by atoms with Crippen molar-refractivity contribution >= 4 is 28.3 Å². The summed E-state index contributed by atoms with van der Waals surface area (Å²) in [6.07, 6.45) is 2.20. The highest BCUT2D eigenvalue weighted by atomic mass is 35.5. The van der Waals surface area contributed by atoms with Gasteiger partial charge >= 0.3 is 0 Å². The first-order chi connectivity index (χ1) is 14.5. The minimum atomic E-state index is 0.144. The number of para-hydroxylation sites is 1. The number of piperidine rings is 1. The number of ether oxygens (including phenoxy) is 1. The molecule has 4 rings (SSSR count). The van der Waals surface area contributed by atoms with Gasteiger partial charge in [0.05, 0.1) is 17.8 Å². The fourth-order valence-corrected chi connectivity index (χ4v) is 4.31. The number of ketones is 1. The van der Waals surface area contributed by atoms with Crippen LogP contribution in [-0.4, -0.2) is 60.3 Å². The second-order valence-electron chi connectivity index (χ2n) is 8.16. The number of likely N-dealkylation sites (tertiary alicyclic amines) is 1. The number of H-pyrrole nitrogens is 1. The van der Waals surface area contributed by atoms with Crippen molar-refractivity contribution in [3.63, 3.8) is 0 Å². The molecule has 1 N–H and O–H groups in total. The number of nitrogens with zero attached hydrogens (tertiary/aromatic N) is 2. The smallest absolute Gasteiger partial charge is 0.179 e. The maximum atomic E-state index is 13.3. The topological polar surface area (TPSA) is 48.6 Å². The van der Waals surface area contributed by atoms with Crippen molar-refractivity contribution in [2.45, 2.75) is 25.5 Å². The van der Waals surface area contributed by atoms with E-state index in [0.717, 1.165) is 53.8 Å². The van der Waals surface area contributed by atoms with E-state index in [1.807, 2.05) is 36.4 Å². The molecule has 30 heavy (non-hydrogen) atoms. The van der Waals surface area contributed by atoms with Gasteiger partial charge in [-0.15, -0.1) is 0 Å². The van der Waals surface area contributed by atoms with Crippen LogP contribution in [0.25, 0.3) is 10.9 Å². The molecule has 1 aliphatic heterocycles. The van der Waals surface area contributed by atoms with E-state index in [1.54, 1.807) is 12.1 Å². The van der Waals surface area contributed by atoms with Gasteiger partial charge in [0, 0.05) is 35.1 Å². The fraction of sp³-hybridized carbons (Fsp3) is 0.375. The number of nitrogens with one attached hydrogen (secondary N) is 1. The van der Waals surface area contributed by atoms with E-state index < -0.39 is 0 Å². The quantitative estimate of drug-likeness (QED) is 0.561. The predicted molar refractivity (Wildman–Crippen MR) is 122 cm³/mol. The summed E-state index contributed by atoms with van der Waals surface area (Å²) in [4.78, 5) is 21.3. The number of halogens is 1. The highest BCUT2D eigenvalue weighted by Gasteiger charge is 2.25. The van der Waals surface area contributed by atoms with Crippen LogP contribution in [0.15, 0.2) is 48.5 Å². The van der Waals surface area contributed by atoms with E-state index in [4.69, 9.17) is 16.3 Å². The number of Topliss-reactive ketones (excluding diaryl/α,β-unsaturated/α-hetero) is 1. The number of aromatic nitrogens is 1. The summed E-state index contributed by atoms with van der Waals surface area (Å²) >= 11 is 5.95. The summed E-state index contributed by atoms with van der Waals surface area (Å²) in [6, 6.07) is 15.8. The monoisotopic (exact) mass is 425 g/mol. The molecule has 6 heteroatoms. The molecular formula is C24H28ClN3O2. The van der Waals surface area contributed by atoms with Crippen LogP contribution in [0.4, 0.5) is 0 Å². The van der Waals surface area contributed by atoms with Crippen LogP contribution in [0, 0.1) is 0 Å². The largest absolute Gasteiger partial charge is 0.487 e. The molecule has 1 aliphatic rings. The Balaban J connectivity index is 1.51. The lowest BCUT2D eigenvalue weighted by molar-refractivity contribution is 0.0873. The Bertz CT molecular complexity index is 1000. The Labute approximate surface area is 182 Å². The number of rotatable bonds is 7. The van der Waals surface area contributed by atoms with Crippen LogP contribution in [0.1, 0.15) is 28.9 Å². The minimum absolute atomic E-state index is 0.144. The van der Waals surface area contributed by atoms with E-state index in [9.17, 15) is 4.79 Å². The van der Waals surface area contributed by atoms with Gasteiger partial charge in [-0.05, 0) is 57.3 Å². The molecule has 1 saturated heterocycles. The molecule has 0 unspecified atom stereocenters. The maximum absolute atomic E-state index is 13.3. The summed E-state index contributed by atoms with van der Waals surface area (Å²) in [5, 5.41) is 1.63. The number of fused-ring (bicyclic) bond motifs is 1. The lowest BCUT2D eigenvalue weighted by atomic mass is 10.0. The number of hydrogen-bond donors (Lipinski definition) is 1. The Morgan fingerprint density at radius 2 is 1.83 bits per heavy atom. The normalized spacial score (nSPS) is 15.7. The maximum Gasteiger partial charge on any atom is 0.179 e. The molecule has 2 aromatic carbocycles. The third-order valence-corrected chi connectivity index (χ3v) is 6.17. The van der Waals surface area contributed by atoms with Crippen LogP contribution < -0.4 is 4.74 Å². The van der Waals surface area contributed by atoms with Gasteiger partial charge in [0.25, 0.3) is 0 Å². The van der Waals surface area contributed by atoms with Crippen LogP contribution >= 0.6 is 11.6 Å². The average molecular weight is 426 g/mol. The van der Waals surface area contributed by atoms with Crippen molar-refractivity contribution in [2.75, 3.05) is 33.7 Å². The SMILES string of the molecule is CN(C)C1CCN(CC(=O)c2c(COc3ccc(Cl)cc3)[nH]c3ccccc23)CC1. The molecule has 0 saturated carbocycles. The number of aromatic amines is 1. The number of benzene rings is 2. The predicted octanol–water partition coefficient (Wildman–Crippen LogP) is 4.61. The summed E-state index contributed by atoms with van der Waals surface area (Å²) in [5.74, 6) is 0.868. The zero-order chi connectivity index (χ0) is 21.1. The number of hydrogen-bond acceptors (Lipinski definition) is 4. The Hall–Kier alpha value is -2.34. The average Bonchev–Trinajstić information content (AvgIpc) is 3.12. The van der Waals surface area contributed by atoms with Gasteiger partial charge in [-0.3, -0.25) is 9.69 Å². The summed E-state index contributed by atoms with van der Waals surface area (Å²) < 4.78 is 5.94. The third kappa shape index (κ3) is 4.69. The van der Waals surface area contributed by atoms with Gasteiger partial charge in [-0.25, -0.2) is 0 Å². The lowest BCUT2D eigenvalue weighted by Crippen LogP contribution is -2.43. The van der Waals surface area contributed by atoms with Crippen molar-refractivity contribution in [1.82, 2.24) is 14.8 Å². The van der Waals surface area contributed by atoms with Gasteiger partial charge in [0.15, 0.2) is 5.78 Å². The standard InChI is InChI=1S/C24H28ClN3O2/c1-27(2)18-11-13-28(14-12-18)15-23(29)24-20-5-3-4-6-21(20)26-22(24)16-30-19-9-7-17(25)8-10-19/h3-10,18,26H,11-16H2,1-2H3. The number of carbonyl (C=O) groups excluding carboxylic acids is 1. The molecule has 2 heterocycles. The molecule has 3 aromatic rings. The molecule has 1 fully saturated rings. The highest BCUT2D eigenvalue weighted by Crippen LogP contribution is 2.26. The molecular weight excluding hydrogens is 398 g/mol. The Morgan fingerprint density at radius 3 is 2.53 bits per heavy atom. The molecule has 0 spiro atoms. The molecule has 0 atom stereocenters. The molecule has 0 aliphatic carbocycles. The Morgan fingerprint density at radius 1 is 1.13 bits per heavy atom. The van der Waals surface area contributed by atoms with Crippen LogP contribution in [0.5, 0.6) is 5.75 Å². The highest BCUT2D eigenvalue weighted by molar-refractivity contribution is 6.30. The minimum Gasteiger partial charge on any atom is -0.487 e. The molecule has 1 aromatic heterocycles. The van der Waals surface area contributed by atoms with E-state index in [1.165, 1.54) is 0 Å². The van der Waals surface area contributed by atoms with Gasteiger partial charge < -0.3 is 14.6 Å². The summed E-state index contributed by atoms with van der Waals surface area (Å²) in [5.41, 5.74) is 2.52. The van der Waals surface area contributed by atoms with Crippen molar-refractivity contribution in [2.24, 2.45) is 0 Å². The van der Waals surface area contributed by atoms with Crippen LogP contribution in [0.3, 0.4) is 0 Å². The van der Waals surface area contributed by atoms with Crippen molar-refractivity contribution in [1.29, 1.82) is 0 Å². The number of carbonyl (C=O) groups is 1. The molecule has 0 bridgehead atoms. The summed E-state index contributed by atoms with van der Waals surface area (Å²) in [6.45, 7) is 2.65. The lowest BCUT2D eigenvalue weighted by Gasteiger charge is -2.34. The van der Waals surface area contributed by atoms with Gasteiger partial charge in [-0.2, -0.15) is 0 Å².